The van der Waals surface area contributed by atoms with Crippen LogP contribution in [0, 0.1) is 0 Å². The van der Waals surface area contributed by atoms with Gasteiger partial charge in [-0.15, -0.1) is 11.3 Å². The summed E-state index contributed by atoms with van der Waals surface area (Å²) in [5.74, 6) is -0.499. The zero-order chi connectivity index (χ0) is 14.4. The second kappa shape index (κ2) is 7.37. The van der Waals surface area contributed by atoms with E-state index in [2.05, 4.69) is 27.0 Å². The third kappa shape index (κ3) is 4.29. The van der Waals surface area contributed by atoms with E-state index in [1.165, 1.54) is 10.4 Å². The summed E-state index contributed by atoms with van der Waals surface area (Å²) >= 11 is 1.82. The molecular formula is C13H20N4O2S. The van der Waals surface area contributed by atoms with E-state index in [1.54, 1.807) is 0 Å². The molecule has 0 saturated carbocycles. The molecule has 0 fully saturated rings. The highest BCUT2D eigenvalue weighted by atomic mass is 32.1. The predicted octanol–water partition coefficient (Wildman–Crippen LogP) is -0.703. The van der Waals surface area contributed by atoms with Crippen LogP contribution >= 0.6 is 11.3 Å². The molecular weight excluding hydrogens is 276 g/mol. The number of carbonyl (C=O) groups excluding carboxylic acids is 2. The lowest BCUT2D eigenvalue weighted by molar-refractivity contribution is -0.125. The minimum absolute atomic E-state index is 0.00921. The Labute approximate surface area is 122 Å². The van der Waals surface area contributed by atoms with Crippen LogP contribution in [0.2, 0.25) is 0 Å². The number of nitrogens with zero attached hydrogens (tertiary/aromatic N) is 1. The third-order valence-electron chi connectivity index (χ3n) is 3.27. The quantitative estimate of drug-likeness (QED) is 0.648. The molecule has 0 saturated heterocycles. The van der Waals surface area contributed by atoms with Crippen LogP contribution in [-0.2, 0) is 22.6 Å². The molecule has 0 bridgehead atoms. The molecule has 0 aliphatic carbocycles. The Hall–Kier alpha value is -1.44. The molecule has 20 heavy (non-hydrogen) atoms. The highest BCUT2D eigenvalue weighted by molar-refractivity contribution is 7.10. The van der Waals surface area contributed by atoms with Crippen molar-refractivity contribution in [1.29, 1.82) is 0 Å². The van der Waals surface area contributed by atoms with Crippen molar-refractivity contribution in [2.24, 2.45) is 5.73 Å². The second-order valence-corrected chi connectivity index (χ2v) is 5.73. The standard InChI is InChI=1S/C13H20N4O2S/c14-7-12(18)16-8-13(19)15-3-5-17-4-1-11-10(9-17)2-6-20-11/h2,6H,1,3-5,7-9,14H2,(H,15,19)(H,16,18). The number of amides is 2. The molecule has 0 unspecified atom stereocenters. The van der Waals surface area contributed by atoms with Crippen molar-refractivity contribution in [3.8, 4) is 0 Å². The van der Waals surface area contributed by atoms with Crippen LogP contribution in [0.5, 0.6) is 0 Å². The summed E-state index contributed by atoms with van der Waals surface area (Å²) in [6.07, 6.45) is 1.09. The Morgan fingerprint density at radius 1 is 1.35 bits per heavy atom. The van der Waals surface area contributed by atoms with Gasteiger partial charge >= 0.3 is 0 Å². The fourth-order valence-electron chi connectivity index (χ4n) is 2.16. The van der Waals surface area contributed by atoms with Gasteiger partial charge in [0.05, 0.1) is 13.1 Å². The van der Waals surface area contributed by atoms with Gasteiger partial charge in [0.15, 0.2) is 0 Å². The number of thiophene rings is 1. The van der Waals surface area contributed by atoms with Gasteiger partial charge in [-0.2, -0.15) is 0 Å². The molecule has 2 rings (SSSR count). The molecule has 0 atom stereocenters. The van der Waals surface area contributed by atoms with E-state index in [1.807, 2.05) is 11.3 Å². The normalized spacial score (nSPS) is 14.7. The van der Waals surface area contributed by atoms with Crippen LogP contribution in [0.15, 0.2) is 11.4 Å². The van der Waals surface area contributed by atoms with E-state index in [9.17, 15) is 9.59 Å². The number of hydrogen-bond acceptors (Lipinski definition) is 5. The summed E-state index contributed by atoms with van der Waals surface area (Å²) in [5, 5.41) is 7.37. The van der Waals surface area contributed by atoms with Gasteiger partial charge in [-0.25, -0.2) is 0 Å². The number of nitrogens with one attached hydrogen (secondary N) is 2. The van der Waals surface area contributed by atoms with Crippen molar-refractivity contribution in [3.05, 3.63) is 21.9 Å². The Morgan fingerprint density at radius 3 is 3.00 bits per heavy atom. The maximum atomic E-state index is 11.5. The Balaban J connectivity index is 1.62. The number of hydrogen-bond donors (Lipinski definition) is 3. The number of nitrogens with two attached hydrogens (primary N) is 1. The average Bonchev–Trinajstić information content (AvgIpc) is 2.92. The first-order valence-electron chi connectivity index (χ1n) is 6.70. The molecule has 110 valence electrons. The van der Waals surface area contributed by atoms with Gasteiger partial charge < -0.3 is 16.4 Å². The SMILES string of the molecule is NCC(=O)NCC(=O)NCCN1CCc2sccc2C1. The van der Waals surface area contributed by atoms with Gasteiger partial charge in [0.2, 0.25) is 11.8 Å². The van der Waals surface area contributed by atoms with Crippen molar-refractivity contribution in [3.63, 3.8) is 0 Å². The molecule has 0 radical (unpaired) electrons. The fraction of sp³-hybridized carbons (Fsp3) is 0.538. The van der Waals surface area contributed by atoms with E-state index >= 15 is 0 Å². The van der Waals surface area contributed by atoms with Crippen molar-refractivity contribution < 1.29 is 9.59 Å². The summed E-state index contributed by atoms with van der Waals surface area (Å²) in [6.45, 7) is 3.31. The van der Waals surface area contributed by atoms with Gasteiger partial charge in [-0.05, 0) is 23.4 Å². The molecule has 2 amide bonds. The summed E-state index contributed by atoms with van der Waals surface area (Å²) < 4.78 is 0. The lowest BCUT2D eigenvalue weighted by Crippen LogP contribution is -2.42. The van der Waals surface area contributed by atoms with Gasteiger partial charge in [0.1, 0.15) is 0 Å². The third-order valence-corrected chi connectivity index (χ3v) is 4.29. The number of fused-ring (bicyclic) bond motifs is 1. The first-order chi connectivity index (χ1) is 9.69. The van der Waals surface area contributed by atoms with Crippen LogP contribution in [0.1, 0.15) is 10.4 Å². The van der Waals surface area contributed by atoms with Gasteiger partial charge in [-0.3, -0.25) is 14.5 Å². The average molecular weight is 296 g/mol. The molecule has 0 spiro atoms. The monoisotopic (exact) mass is 296 g/mol. The minimum atomic E-state index is -0.318. The van der Waals surface area contributed by atoms with Crippen LogP contribution in [0.4, 0.5) is 0 Å². The smallest absolute Gasteiger partial charge is 0.239 e. The maximum Gasteiger partial charge on any atom is 0.239 e. The predicted molar refractivity (Wildman–Crippen MR) is 78.4 cm³/mol. The minimum Gasteiger partial charge on any atom is -0.353 e. The topological polar surface area (TPSA) is 87.5 Å². The lowest BCUT2D eigenvalue weighted by atomic mass is 10.1. The molecule has 2 heterocycles. The van der Waals surface area contributed by atoms with Gasteiger partial charge in [0.25, 0.3) is 0 Å². The highest BCUT2D eigenvalue weighted by Crippen LogP contribution is 2.23. The van der Waals surface area contributed by atoms with Crippen molar-refractivity contribution in [1.82, 2.24) is 15.5 Å². The van der Waals surface area contributed by atoms with E-state index in [0.717, 1.165) is 26.1 Å². The van der Waals surface area contributed by atoms with Crippen LogP contribution in [0.3, 0.4) is 0 Å². The molecule has 1 aromatic rings. The zero-order valence-corrected chi connectivity index (χ0v) is 12.2. The van der Waals surface area contributed by atoms with E-state index in [0.29, 0.717) is 6.54 Å². The fourth-order valence-corrected chi connectivity index (χ4v) is 3.05. The molecule has 6 nitrogen and oxygen atoms in total. The lowest BCUT2D eigenvalue weighted by Gasteiger charge is -2.26. The van der Waals surface area contributed by atoms with E-state index < -0.39 is 0 Å². The van der Waals surface area contributed by atoms with Gasteiger partial charge in [-0.1, -0.05) is 0 Å². The molecule has 4 N–H and O–H groups in total. The summed E-state index contributed by atoms with van der Waals surface area (Å²) in [5.41, 5.74) is 6.54. The maximum absolute atomic E-state index is 11.5. The first-order valence-corrected chi connectivity index (χ1v) is 7.58. The van der Waals surface area contributed by atoms with Crippen LogP contribution in [-0.4, -0.2) is 49.4 Å². The molecule has 1 aliphatic rings. The Morgan fingerprint density at radius 2 is 2.20 bits per heavy atom. The van der Waals surface area contributed by atoms with Crippen molar-refractivity contribution >= 4 is 23.2 Å². The van der Waals surface area contributed by atoms with Gasteiger partial charge in [0, 0.05) is 31.1 Å². The Kier molecular flexibility index (Phi) is 5.51. The highest BCUT2D eigenvalue weighted by Gasteiger charge is 2.16. The zero-order valence-electron chi connectivity index (χ0n) is 11.4. The van der Waals surface area contributed by atoms with Crippen molar-refractivity contribution in [2.45, 2.75) is 13.0 Å². The Bertz CT molecular complexity index is 475. The summed E-state index contributed by atoms with van der Waals surface area (Å²) in [4.78, 5) is 26.2. The van der Waals surface area contributed by atoms with E-state index in [-0.39, 0.29) is 24.9 Å². The number of carbonyl (C=O) groups is 2. The summed E-state index contributed by atoms with van der Waals surface area (Å²) in [6, 6.07) is 2.17. The summed E-state index contributed by atoms with van der Waals surface area (Å²) in [7, 11) is 0. The molecule has 0 aromatic carbocycles. The first kappa shape index (κ1) is 15.0. The second-order valence-electron chi connectivity index (χ2n) is 4.73. The molecule has 1 aliphatic heterocycles. The molecule has 7 heteroatoms. The largest absolute Gasteiger partial charge is 0.353 e. The van der Waals surface area contributed by atoms with Crippen molar-refractivity contribution in [2.75, 3.05) is 32.7 Å². The van der Waals surface area contributed by atoms with E-state index in [4.69, 9.17) is 5.73 Å². The van der Waals surface area contributed by atoms with Crippen LogP contribution < -0.4 is 16.4 Å². The number of rotatable bonds is 6. The molecule has 1 aromatic heterocycles. The van der Waals surface area contributed by atoms with Crippen LogP contribution in [0.25, 0.3) is 0 Å².